The molecule has 0 bridgehead atoms. The number of primary amides is 1. The standard InChI is InChI=1S/C19H20N8O/c20-16(28)15-11-24-19(26-14-5-8-21-10-14)27-18(15)25-13-4-1-3-12(9-13)17-22-6-2-7-23-17/h1-4,6-7,9,11,14,21H,5,8,10H2,(H2,20,28)(H2,24,25,26,27). The van der Waals surface area contributed by atoms with Crippen molar-refractivity contribution < 1.29 is 4.79 Å². The van der Waals surface area contributed by atoms with E-state index in [9.17, 15) is 4.79 Å². The predicted molar refractivity (Wildman–Crippen MR) is 106 cm³/mol. The highest BCUT2D eigenvalue weighted by Crippen LogP contribution is 2.24. The highest BCUT2D eigenvalue weighted by molar-refractivity contribution is 5.98. The summed E-state index contributed by atoms with van der Waals surface area (Å²) in [6, 6.07) is 9.56. The average molecular weight is 376 g/mol. The molecule has 3 heterocycles. The van der Waals surface area contributed by atoms with Gasteiger partial charge in [0.05, 0.1) is 0 Å². The summed E-state index contributed by atoms with van der Waals surface area (Å²) in [4.78, 5) is 29.0. The van der Waals surface area contributed by atoms with E-state index in [0.29, 0.717) is 17.6 Å². The molecule has 0 aliphatic carbocycles. The summed E-state index contributed by atoms with van der Waals surface area (Å²) in [5.41, 5.74) is 7.29. The van der Waals surface area contributed by atoms with Crippen LogP contribution >= 0.6 is 0 Å². The van der Waals surface area contributed by atoms with Crippen molar-refractivity contribution >= 4 is 23.4 Å². The molecule has 2 aromatic heterocycles. The van der Waals surface area contributed by atoms with Crippen LogP contribution in [-0.4, -0.2) is 45.0 Å². The van der Waals surface area contributed by atoms with Gasteiger partial charge in [-0.1, -0.05) is 12.1 Å². The molecule has 1 aliphatic rings. The van der Waals surface area contributed by atoms with Gasteiger partial charge in [0.15, 0.2) is 5.82 Å². The second kappa shape index (κ2) is 7.97. The van der Waals surface area contributed by atoms with Crippen LogP contribution in [0.1, 0.15) is 16.8 Å². The zero-order chi connectivity index (χ0) is 19.3. The molecule has 0 radical (unpaired) electrons. The molecular weight excluding hydrogens is 356 g/mol. The maximum atomic E-state index is 11.8. The first-order valence-electron chi connectivity index (χ1n) is 8.97. The topological polar surface area (TPSA) is 131 Å². The van der Waals surface area contributed by atoms with E-state index in [1.807, 2.05) is 24.3 Å². The van der Waals surface area contributed by atoms with Crippen molar-refractivity contribution in [3.8, 4) is 11.4 Å². The number of amides is 1. The number of benzene rings is 1. The maximum absolute atomic E-state index is 11.8. The second-order valence-corrected chi connectivity index (χ2v) is 6.43. The van der Waals surface area contributed by atoms with E-state index < -0.39 is 5.91 Å². The van der Waals surface area contributed by atoms with Crippen LogP contribution in [0, 0.1) is 0 Å². The molecule has 1 amide bonds. The number of nitrogens with one attached hydrogen (secondary N) is 3. The Balaban J connectivity index is 1.61. The predicted octanol–water partition coefficient (Wildman–Crippen LogP) is 1.55. The van der Waals surface area contributed by atoms with Crippen molar-refractivity contribution in [2.75, 3.05) is 23.7 Å². The second-order valence-electron chi connectivity index (χ2n) is 6.43. The molecule has 1 atom stereocenters. The van der Waals surface area contributed by atoms with E-state index in [1.54, 1.807) is 18.5 Å². The van der Waals surface area contributed by atoms with Crippen molar-refractivity contribution in [3.05, 3.63) is 54.5 Å². The van der Waals surface area contributed by atoms with Gasteiger partial charge >= 0.3 is 0 Å². The number of nitrogens with two attached hydrogens (primary N) is 1. The highest BCUT2D eigenvalue weighted by Gasteiger charge is 2.17. The van der Waals surface area contributed by atoms with Crippen LogP contribution in [-0.2, 0) is 0 Å². The molecule has 4 rings (SSSR count). The third-order valence-corrected chi connectivity index (χ3v) is 4.40. The van der Waals surface area contributed by atoms with Gasteiger partial charge < -0.3 is 21.7 Å². The van der Waals surface area contributed by atoms with Gasteiger partial charge in [-0.15, -0.1) is 0 Å². The minimum absolute atomic E-state index is 0.219. The minimum Gasteiger partial charge on any atom is -0.365 e. The molecule has 142 valence electrons. The van der Waals surface area contributed by atoms with Crippen molar-refractivity contribution in [3.63, 3.8) is 0 Å². The first-order chi connectivity index (χ1) is 13.7. The largest absolute Gasteiger partial charge is 0.365 e. The summed E-state index contributed by atoms with van der Waals surface area (Å²) in [6.07, 6.45) is 5.80. The van der Waals surface area contributed by atoms with Gasteiger partial charge in [-0.2, -0.15) is 4.98 Å². The summed E-state index contributed by atoms with van der Waals surface area (Å²) in [6.45, 7) is 1.80. The number of carbonyl (C=O) groups excluding carboxylic acids is 1. The Kier molecular flexibility index (Phi) is 5.07. The number of nitrogens with zero attached hydrogens (tertiary/aromatic N) is 4. The summed E-state index contributed by atoms with van der Waals surface area (Å²) in [5, 5.41) is 9.72. The molecule has 5 N–H and O–H groups in total. The molecule has 0 saturated carbocycles. The van der Waals surface area contributed by atoms with Gasteiger partial charge in [-0.3, -0.25) is 4.79 Å². The molecule has 1 unspecified atom stereocenters. The normalized spacial score (nSPS) is 15.9. The molecule has 3 aromatic rings. The van der Waals surface area contributed by atoms with E-state index in [2.05, 4.69) is 35.9 Å². The number of anilines is 3. The number of carbonyl (C=O) groups is 1. The lowest BCUT2D eigenvalue weighted by Crippen LogP contribution is -2.24. The lowest BCUT2D eigenvalue weighted by atomic mass is 10.2. The van der Waals surface area contributed by atoms with Crippen molar-refractivity contribution in [1.29, 1.82) is 0 Å². The Morgan fingerprint density at radius 1 is 1.18 bits per heavy atom. The Hall–Kier alpha value is -3.59. The van der Waals surface area contributed by atoms with Crippen LogP contribution < -0.4 is 21.7 Å². The van der Waals surface area contributed by atoms with E-state index in [4.69, 9.17) is 5.73 Å². The monoisotopic (exact) mass is 376 g/mol. The fourth-order valence-corrected chi connectivity index (χ4v) is 3.01. The Bertz CT molecular complexity index is 973. The molecule has 9 heteroatoms. The maximum Gasteiger partial charge on any atom is 0.254 e. The smallest absolute Gasteiger partial charge is 0.254 e. The molecule has 28 heavy (non-hydrogen) atoms. The number of rotatable bonds is 6. The highest BCUT2D eigenvalue weighted by atomic mass is 16.1. The first-order valence-corrected chi connectivity index (χ1v) is 8.97. The lowest BCUT2D eigenvalue weighted by molar-refractivity contribution is 0.100. The fourth-order valence-electron chi connectivity index (χ4n) is 3.01. The van der Waals surface area contributed by atoms with Crippen molar-refractivity contribution in [2.45, 2.75) is 12.5 Å². The molecule has 1 aliphatic heterocycles. The number of hydrogen-bond acceptors (Lipinski definition) is 8. The summed E-state index contributed by atoms with van der Waals surface area (Å²) < 4.78 is 0. The average Bonchev–Trinajstić information content (AvgIpc) is 3.22. The summed E-state index contributed by atoms with van der Waals surface area (Å²) in [5.74, 6) is 0.810. The molecule has 0 spiro atoms. The van der Waals surface area contributed by atoms with E-state index in [0.717, 1.165) is 30.8 Å². The van der Waals surface area contributed by atoms with Crippen molar-refractivity contribution in [2.24, 2.45) is 5.73 Å². The number of hydrogen-bond donors (Lipinski definition) is 4. The van der Waals surface area contributed by atoms with Gasteiger partial charge in [0, 0.05) is 42.4 Å². The van der Waals surface area contributed by atoms with Gasteiger partial charge in [-0.25, -0.2) is 15.0 Å². The van der Waals surface area contributed by atoms with Gasteiger partial charge in [0.1, 0.15) is 11.4 Å². The Morgan fingerprint density at radius 2 is 2.04 bits per heavy atom. The van der Waals surface area contributed by atoms with Gasteiger partial charge in [0.2, 0.25) is 5.95 Å². The minimum atomic E-state index is -0.598. The lowest BCUT2D eigenvalue weighted by Gasteiger charge is -2.14. The van der Waals surface area contributed by atoms with E-state index in [-0.39, 0.29) is 11.6 Å². The molecule has 1 aromatic carbocycles. The Labute approximate surface area is 161 Å². The van der Waals surface area contributed by atoms with Crippen LogP contribution in [0.3, 0.4) is 0 Å². The quantitative estimate of drug-likeness (QED) is 0.510. The van der Waals surface area contributed by atoms with Crippen LogP contribution in [0.2, 0.25) is 0 Å². The Morgan fingerprint density at radius 3 is 2.79 bits per heavy atom. The number of aromatic nitrogens is 4. The zero-order valence-corrected chi connectivity index (χ0v) is 15.1. The molecule has 1 fully saturated rings. The van der Waals surface area contributed by atoms with Gasteiger partial charge in [-0.05, 0) is 31.2 Å². The molecular formula is C19H20N8O. The zero-order valence-electron chi connectivity index (χ0n) is 15.1. The summed E-state index contributed by atoms with van der Waals surface area (Å²) in [7, 11) is 0. The summed E-state index contributed by atoms with van der Waals surface area (Å²) >= 11 is 0. The third-order valence-electron chi connectivity index (χ3n) is 4.40. The third kappa shape index (κ3) is 4.04. The van der Waals surface area contributed by atoms with Crippen LogP contribution in [0.15, 0.2) is 48.9 Å². The van der Waals surface area contributed by atoms with Crippen LogP contribution in [0.25, 0.3) is 11.4 Å². The SMILES string of the molecule is NC(=O)c1cnc(NC2CCNC2)nc1Nc1cccc(-c2ncccn2)c1. The van der Waals surface area contributed by atoms with Crippen LogP contribution in [0.4, 0.5) is 17.5 Å². The fraction of sp³-hybridized carbons (Fsp3) is 0.211. The first kappa shape index (κ1) is 17.8. The van der Waals surface area contributed by atoms with E-state index in [1.165, 1.54) is 6.20 Å². The van der Waals surface area contributed by atoms with E-state index >= 15 is 0 Å². The van der Waals surface area contributed by atoms with Crippen LogP contribution in [0.5, 0.6) is 0 Å². The van der Waals surface area contributed by atoms with Gasteiger partial charge in [0.25, 0.3) is 5.91 Å². The van der Waals surface area contributed by atoms with Crippen molar-refractivity contribution in [1.82, 2.24) is 25.3 Å². The molecule has 1 saturated heterocycles. The molecule has 9 nitrogen and oxygen atoms in total.